The molecule has 3 aromatic rings. The second kappa shape index (κ2) is 8.43. The Labute approximate surface area is 150 Å². The Bertz CT molecular complexity index is 819. The van der Waals surface area contributed by atoms with Crippen LogP contribution in [0.15, 0.2) is 58.2 Å². The minimum Gasteiger partial charge on any atom is -0.351 e. The second-order valence-electron chi connectivity index (χ2n) is 5.31. The van der Waals surface area contributed by atoms with Crippen LogP contribution in [0.2, 0.25) is 0 Å². The first-order chi connectivity index (χ1) is 12.2. The van der Waals surface area contributed by atoms with E-state index in [9.17, 15) is 4.79 Å². The molecular weight excluding hydrogens is 336 g/mol. The molecule has 2 aromatic heterocycles. The number of pyridine rings is 1. The van der Waals surface area contributed by atoms with E-state index in [1.165, 1.54) is 11.8 Å². The average molecular weight is 354 g/mol. The van der Waals surface area contributed by atoms with Crippen molar-refractivity contribution in [3.05, 3.63) is 60.0 Å². The third-order valence-electron chi connectivity index (χ3n) is 3.45. The highest BCUT2D eigenvalue weighted by molar-refractivity contribution is 7.99. The number of amides is 1. The van der Waals surface area contributed by atoms with E-state index in [0.29, 0.717) is 24.0 Å². The Morgan fingerprint density at radius 1 is 1.20 bits per heavy atom. The van der Waals surface area contributed by atoms with E-state index in [2.05, 4.69) is 20.4 Å². The van der Waals surface area contributed by atoms with Crippen molar-refractivity contribution in [2.45, 2.75) is 24.9 Å². The van der Waals surface area contributed by atoms with Gasteiger partial charge in [-0.25, -0.2) is 4.98 Å². The zero-order chi connectivity index (χ0) is 17.5. The second-order valence-corrected chi connectivity index (χ2v) is 6.30. The number of aryl methyl sites for hydroxylation is 1. The molecule has 2 heterocycles. The van der Waals surface area contributed by atoms with Gasteiger partial charge in [-0.15, -0.1) is 0 Å². The number of hydrogen-bond acceptors (Lipinski definition) is 6. The van der Waals surface area contributed by atoms with Crippen molar-refractivity contribution in [2.75, 3.05) is 5.75 Å². The summed E-state index contributed by atoms with van der Waals surface area (Å²) in [5.74, 6) is 1.42. The van der Waals surface area contributed by atoms with Gasteiger partial charge in [-0.3, -0.25) is 4.79 Å². The van der Waals surface area contributed by atoms with E-state index in [1.54, 1.807) is 6.20 Å². The van der Waals surface area contributed by atoms with Crippen LogP contribution in [-0.4, -0.2) is 26.8 Å². The van der Waals surface area contributed by atoms with E-state index < -0.39 is 0 Å². The number of benzene rings is 1. The molecule has 0 saturated heterocycles. The monoisotopic (exact) mass is 354 g/mol. The Kier molecular flexibility index (Phi) is 5.79. The number of aromatic nitrogens is 3. The Morgan fingerprint density at radius 3 is 2.72 bits per heavy atom. The highest BCUT2D eigenvalue weighted by Gasteiger charge is 2.09. The van der Waals surface area contributed by atoms with Crippen LogP contribution in [-0.2, 0) is 17.8 Å². The molecule has 0 unspecified atom stereocenters. The van der Waals surface area contributed by atoms with Crippen LogP contribution in [0.25, 0.3) is 11.5 Å². The van der Waals surface area contributed by atoms with E-state index >= 15 is 0 Å². The zero-order valence-corrected chi connectivity index (χ0v) is 14.6. The van der Waals surface area contributed by atoms with Crippen molar-refractivity contribution in [2.24, 2.45) is 0 Å². The van der Waals surface area contributed by atoms with Gasteiger partial charge in [0.05, 0.1) is 16.3 Å². The van der Waals surface area contributed by atoms with Gasteiger partial charge in [0, 0.05) is 19.2 Å². The zero-order valence-electron chi connectivity index (χ0n) is 13.8. The number of nitrogens with one attached hydrogen (secondary N) is 1. The van der Waals surface area contributed by atoms with Crippen LogP contribution < -0.4 is 5.32 Å². The number of carbonyl (C=O) groups is 1. The third kappa shape index (κ3) is 4.90. The Morgan fingerprint density at radius 2 is 2.04 bits per heavy atom. The molecule has 0 aliphatic carbocycles. The SMILES string of the molecule is CCc1noc(-c2ccc(SCC(=O)NCc3ccccc3)nc2)n1. The molecule has 0 radical (unpaired) electrons. The lowest BCUT2D eigenvalue weighted by atomic mass is 10.2. The molecule has 1 aromatic carbocycles. The van der Waals surface area contributed by atoms with Gasteiger partial charge in [0.1, 0.15) is 0 Å². The molecule has 0 aliphatic rings. The maximum atomic E-state index is 11.9. The van der Waals surface area contributed by atoms with E-state index in [1.807, 2.05) is 49.4 Å². The van der Waals surface area contributed by atoms with Gasteiger partial charge in [0.2, 0.25) is 5.91 Å². The molecule has 0 bridgehead atoms. The number of rotatable bonds is 7. The molecular formula is C18H18N4O2S. The lowest BCUT2D eigenvalue weighted by Gasteiger charge is -2.05. The normalized spacial score (nSPS) is 10.6. The van der Waals surface area contributed by atoms with Gasteiger partial charge in [0.25, 0.3) is 5.89 Å². The van der Waals surface area contributed by atoms with E-state index in [-0.39, 0.29) is 5.91 Å². The molecule has 128 valence electrons. The largest absolute Gasteiger partial charge is 0.351 e. The first-order valence-corrected chi connectivity index (χ1v) is 8.95. The van der Waals surface area contributed by atoms with Gasteiger partial charge in [-0.05, 0) is 17.7 Å². The predicted octanol–water partition coefficient (Wildman–Crippen LogP) is 3.10. The van der Waals surface area contributed by atoms with E-state index in [4.69, 9.17) is 4.52 Å². The van der Waals surface area contributed by atoms with E-state index in [0.717, 1.165) is 22.6 Å². The summed E-state index contributed by atoms with van der Waals surface area (Å²) in [5, 5.41) is 7.53. The van der Waals surface area contributed by atoms with Crippen molar-refractivity contribution in [1.29, 1.82) is 0 Å². The number of carbonyl (C=O) groups excluding carboxylic acids is 1. The summed E-state index contributed by atoms with van der Waals surface area (Å²) in [6, 6.07) is 13.5. The molecule has 25 heavy (non-hydrogen) atoms. The molecule has 0 spiro atoms. The molecule has 0 saturated carbocycles. The third-order valence-corrected chi connectivity index (χ3v) is 4.40. The topological polar surface area (TPSA) is 80.9 Å². The lowest BCUT2D eigenvalue weighted by molar-refractivity contribution is -0.118. The fourth-order valence-corrected chi connectivity index (χ4v) is 2.77. The molecule has 0 atom stereocenters. The number of hydrogen-bond donors (Lipinski definition) is 1. The van der Waals surface area contributed by atoms with Crippen LogP contribution in [0.3, 0.4) is 0 Å². The van der Waals surface area contributed by atoms with Crippen molar-refractivity contribution >= 4 is 17.7 Å². The molecule has 0 aliphatic heterocycles. The number of nitrogens with zero attached hydrogens (tertiary/aromatic N) is 3. The van der Waals surface area contributed by atoms with Crippen LogP contribution in [0.1, 0.15) is 18.3 Å². The summed E-state index contributed by atoms with van der Waals surface area (Å²) in [5.41, 5.74) is 1.85. The minimum atomic E-state index is -0.0239. The Balaban J connectivity index is 1.49. The summed E-state index contributed by atoms with van der Waals surface area (Å²) in [7, 11) is 0. The average Bonchev–Trinajstić information content (AvgIpc) is 3.15. The van der Waals surface area contributed by atoms with Crippen molar-refractivity contribution < 1.29 is 9.32 Å². The first kappa shape index (κ1) is 17.2. The lowest BCUT2D eigenvalue weighted by Crippen LogP contribution is -2.24. The molecule has 3 rings (SSSR count). The first-order valence-electron chi connectivity index (χ1n) is 7.97. The van der Waals surface area contributed by atoms with Gasteiger partial charge < -0.3 is 9.84 Å². The summed E-state index contributed by atoms with van der Waals surface area (Å²) in [6.45, 7) is 2.50. The van der Waals surface area contributed by atoms with Gasteiger partial charge in [-0.2, -0.15) is 4.98 Å². The summed E-state index contributed by atoms with van der Waals surface area (Å²) in [4.78, 5) is 20.5. The highest BCUT2D eigenvalue weighted by Crippen LogP contribution is 2.20. The molecule has 0 fully saturated rings. The fourth-order valence-electron chi connectivity index (χ4n) is 2.09. The maximum absolute atomic E-state index is 11.9. The van der Waals surface area contributed by atoms with Crippen molar-refractivity contribution in [3.63, 3.8) is 0 Å². The quantitative estimate of drug-likeness (QED) is 0.657. The Hall–Kier alpha value is -2.67. The molecule has 7 heteroatoms. The van der Waals surface area contributed by atoms with Crippen LogP contribution in [0.4, 0.5) is 0 Å². The van der Waals surface area contributed by atoms with Crippen LogP contribution in [0, 0.1) is 0 Å². The molecule has 1 amide bonds. The number of thioether (sulfide) groups is 1. The fraction of sp³-hybridized carbons (Fsp3) is 0.222. The van der Waals surface area contributed by atoms with Gasteiger partial charge >= 0.3 is 0 Å². The van der Waals surface area contributed by atoms with Crippen molar-refractivity contribution in [3.8, 4) is 11.5 Å². The van der Waals surface area contributed by atoms with Gasteiger partial charge in [0.15, 0.2) is 5.82 Å². The van der Waals surface area contributed by atoms with Crippen LogP contribution >= 0.6 is 11.8 Å². The predicted molar refractivity (Wildman–Crippen MR) is 95.9 cm³/mol. The maximum Gasteiger partial charge on any atom is 0.259 e. The summed E-state index contributed by atoms with van der Waals surface area (Å²) >= 11 is 1.39. The minimum absolute atomic E-state index is 0.0239. The molecule has 6 nitrogen and oxygen atoms in total. The molecule has 1 N–H and O–H groups in total. The summed E-state index contributed by atoms with van der Waals surface area (Å²) < 4.78 is 5.18. The van der Waals surface area contributed by atoms with Crippen molar-refractivity contribution in [1.82, 2.24) is 20.4 Å². The standard InChI is InChI=1S/C18H18N4O2S/c1-2-15-21-18(24-22-15)14-8-9-17(20-11-14)25-12-16(23)19-10-13-6-4-3-5-7-13/h3-9,11H,2,10,12H2,1H3,(H,19,23). The van der Waals surface area contributed by atoms with Crippen LogP contribution in [0.5, 0.6) is 0 Å². The highest BCUT2D eigenvalue weighted by atomic mass is 32.2. The van der Waals surface area contributed by atoms with Gasteiger partial charge in [-0.1, -0.05) is 54.2 Å². The smallest absolute Gasteiger partial charge is 0.259 e. The summed E-state index contributed by atoms with van der Waals surface area (Å²) in [6.07, 6.45) is 2.40.